The van der Waals surface area contributed by atoms with Crippen LogP contribution in [0, 0.1) is 57.7 Å². The van der Waals surface area contributed by atoms with Crippen LogP contribution in [0.3, 0.4) is 0 Å². The maximum absolute atomic E-state index is 13.2. The van der Waals surface area contributed by atoms with E-state index in [-0.39, 0.29) is 29.7 Å². The van der Waals surface area contributed by atoms with Crippen molar-refractivity contribution in [2.24, 2.45) is 29.4 Å². The van der Waals surface area contributed by atoms with Crippen molar-refractivity contribution >= 4 is 84.6 Å². The summed E-state index contributed by atoms with van der Waals surface area (Å²) in [4.78, 5) is 79.5. The van der Waals surface area contributed by atoms with Gasteiger partial charge in [0.2, 0.25) is 11.8 Å². The van der Waals surface area contributed by atoms with Crippen molar-refractivity contribution < 1.29 is 24.3 Å². The minimum absolute atomic E-state index is 0.0231. The number of pyridine rings is 3. The number of nitrogens with zero attached hydrogens (tertiary/aromatic N) is 13. The number of carbonyl (C=O) groups excluding carboxylic acids is 3. The van der Waals surface area contributed by atoms with Crippen LogP contribution in [-0.2, 0) is 20.9 Å². The number of benzene rings is 2. The van der Waals surface area contributed by atoms with Crippen molar-refractivity contribution in [2.45, 2.75) is 139 Å². The number of rotatable bonds is 10. The van der Waals surface area contributed by atoms with Crippen LogP contribution in [0.4, 0.5) is 17.5 Å². The third-order valence-electron chi connectivity index (χ3n) is 19.7. The monoisotopic (exact) mass is 1260 g/mol. The molecular weight excluding hydrogens is 1180 g/mol. The zero-order valence-electron chi connectivity index (χ0n) is 51.0. The van der Waals surface area contributed by atoms with Crippen molar-refractivity contribution in [3.63, 3.8) is 0 Å². The first-order valence-corrected chi connectivity index (χ1v) is 33.6. The lowest BCUT2D eigenvalue weighted by atomic mass is 9.76. The highest BCUT2D eigenvalue weighted by Crippen LogP contribution is 2.40. The smallest absolute Gasteiger partial charge is 0.306 e. The molecule has 6 bridgehead atoms. The number of hydrogen-bond donors (Lipinski definition) is 4. The van der Waals surface area contributed by atoms with Gasteiger partial charge in [0.05, 0.1) is 54.1 Å². The Labute approximate surface area is 537 Å². The molecular formula is C68H76N16O5S2. The minimum Gasteiger partial charge on any atom is -0.481 e. The Hall–Kier alpha value is -8.50. The van der Waals surface area contributed by atoms with Crippen molar-refractivity contribution in [1.82, 2.24) is 45.4 Å². The number of hydrogen-bond acceptors (Lipinski definition) is 20. The second-order valence-electron chi connectivity index (χ2n) is 25.6. The molecule has 9 aliphatic rings. The predicted molar refractivity (Wildman–Crippen MR) is 349 cm³/mol. The van der Waals surface area contributed by atoms with Gasteiger partial charge in [-0.2, -0.15) is 15.8 Å². The quantitative estimate of drug-likeness (QED) is 0.0936. The zero-order chi connectivity index (χ0) is 63.1. The fraction of sp³-hybridized carbons (Fsp3) is 0.471. The third kappa shape index (κ3) is 14.0. The average Bonchev–Trinajstić information content (AvgIpc) is 1.79. The number of carboxylic acids is 1. The maximum atomic E-state index is 13.2. The standard InChI is InChI=1S/C25H26N6OS.C17H21N5O.C12H14N4.C8H5NOS.C6H10O2/c26-10-16-4-7-23(28-11-16)31-20-5-6-21(31)14-30(13-20)25(32)18-8-19(9-18)27-12-17-2-1-3-22-24(17)33-15-29-22;18-7-11-1-4-16(20-8-11)22-14-2-3-15(22)10-21(9-14)17(23)12-5-13(19)6-12;13-5-9-1-4-12(15-6-9)16-10-2-3-11(16)8-14-7-10;10-4-6-2-1-3-7-8(6)11-5-9-7;1-4-2-5(3-4)6(7)8/h1-4,7,11,15,18-21,27H,5-6,8-9,12-14H2;1,4,8,12-15H,2-3,5-6,9-10,19H2;1,4,6,10-11,14H,2-3,7-8H2;1-5H;4-5H,2-3H2,1H3,(H,7,8). The van der Waals surface area contributed by atoms with Crippen LogP contribution in [0.2, 0.25) is 0 Å². The fourth-order valence-electron chi connectivity index (χ4n) is 14.7. The molecule has 3 saturated carbocycles. The van der Waals surface area contributed by atoms with E-state index in [1.54, 1.807) is 41.5 Å². The topological polar surface area (TPSA) is 291 Å². The summed E-state index contributed by atoms with van der Waals surface area (Å²) in [5.41, 5.74) is 15.2. The highest BCUT2D eigenvalue weighted by Gasteiger charge is 2.47. The normalized spacial score (nSPS) is 27.0. The number of amides is 2. The molecule has 0 radical (unpaired) electrons. The van der Waals surface area contributed by atoms with E-state index in [9.17, 15) is 19.2 Å². The molecule has 470 valence electrons. The Morgan fingerprint density at radius 3 is 1.45 bits per heavy atom. The van der Waals surface area contributed by atoms with E-state index < -0.39 is 5.97 Å². The molecule has 0 spiro atoms. The Bertz CT molecular complexity index is 3780. The average molecular weight is 1260 g/mol. The molecule has 6 atom stereocenters. The maximum Gasteiger partial charge on any atom is 0.306 e. The third-order valence-corrected chi connectivity index (χ3v) is 21.5. The Morgan fingerprint density at radius 2 is 1.03 bits per heavy atom. The highest BCUT2D eigenvalue weighted by molar-refractivity contribution is 7.17. The van der Waals surface area contributed by atoms with Gasteiger partial charge in [-0.3, -0.25) is 19.2 Å². The van der Waals surface area contributed by atoms with Gasteiger partial charge >= 0.3 is 5.97 Å². The summed E-state index contributed by atoms with van der Waals surface area (Å²) < 4.78 is 2.23. The first-order chi connectivity index (χ1) is 44.3. The van der Waals surface area contributed by atoms with Crippen LogP contribution in [0.15, 0.2) is 102 Å². The molecule has 11 heterocycles. The second kappa shape index (κ2) is 28.3. The number of carbonyl (C=O) groups is 4. The van der Waals surface area contributed by atoms with Crippen LogP contribution in [0.5, 0.6) is 0 Å². The SMILES string of the molecule is CC1CC(C(=O)O)C1.N#Cc1ccc(N2C3CCC2CN(C(=O)C2CC(N)C2)C3)nc1.N#Cc1ccc(N2C3CCC2CN(C(=O)C2CC(NCc4cccc5ncsc45)C2)C3)nc1.N#Cc1ccc(N2C3CCC2CNC3)nc1.O=Cc1cccc2ncsc12. The number of fused-ring (bicyclic) bond motifs is 8. The van der Waals surface area contributed by atoms with Gasteiger partial charge < -0.3 is 46.0 Å². The molecule has 2 amide bonds. The molecule has 9 fully saturated rings. The van der Waals surface area contributed by atoms with Crippen molar-refractivity contribution in [3.05, 3.63) is 130 Å². The molecule has 6 unspecified atom stereocenters. The van der Waals surface area contributed by atoms with E-state index in [1.807, 2.05) is 58.9 Å². The van der Waals surface area contributed by atoms with Gasteiger partial charge in [0.25, 0.3) is 0 Å². The van der Waals surface area contributed by atoms with Crippen LogP contribution in [0.1, 0.15) is 117 Å². The number of nitrogens with two attached hydrogens (primary N) is 1. The van der Waals surface area contributed by atoms with E-state index in [0.717, 1.165) is 155 Å². The first-order valence-electron chi connectivity index (χ1n) is 31.9. The summed E-state index contributed by atoms with van der Waals surface area (Å²) in [7, 11) is 0. The molecule has 5 aromatic heterocycles. The van der Waals surface area contributed by atoms with Crippen LogP contribution < -0.4 is 31.1 Å². The number of aldehydes is 1. The van der Waals surface area contributed by atoms with Gasteiger partial charge in [-0.1, -0.05) is 31.2 Å². The number of piperazine rings is 3. The summed E-state index contributed by atoms with van der Waals surface area (Å²) in [5.74, 6) is 3.77. The number of nitriles is 3. The molecule has 91 heavy (non-hydrogen) atoms. The molecule has 2 aromatic carbocycles. The highest BCUT2D eigenvalue weighted by atomic mass is 32.1. The Morgan fingerprint density at radius 1 is 0.593 bits per heavy atom. The van der Waals surface area contributed by atoms with Gasteiger partial charge in [-0.05, 0) is 137 Å². The van der Waals surface area contributed by atoms with E-state index in [2.05, 4.69) is 98.5 Å². The molecule has 16 rings (SSSR count). The van der Waals surface area contributed by atoms with Crippen LogP contribution >= 0.6 is 22.7 Å². The summed E-state index contributed by atoms with van der Waals surface area (Å²) in [6, 6.07) is 32.6. The lowest BCUT2D eigenvalue weighted by Gasteiger charge is -2.45. The molecule has 6 aliphatic heterocycles. The number of thiazole rings is 2. The number of aliphatic carboxylic acids is 1. The molecule has 7 aromatic rings. The van der Waals surface area contributed by atoms with Gasteiger partial charge in [0.1, 0.15) is 35.7 Å². The molecule has 23 heteroatoms. The predicted octanol–water partition coefficient (Wildman–Crippen LogP) is 8.30. The van der Waals surface area contributed by atoms with Gasteiger partial charge in [0, 0.05) is 130 Å². The molecule has 6 saturated heterocycles. The van der Waals surface area contributed by atoms with E-state index >= 15 is 0 Å². The van der Waals surface area contributed by atoms with Crippen molar-refractivity contribution in [1.29, 1.82) is 15.8 Å². The van der Waals surface area contributed by atoms with Gasteiger partial charge in [-0.15, -0.1) is 22.7 Å². The number of nitrogens with one attached hydrogen (secondary N) is 2. The summed E-state index contributed by atoms with van der Waals surface area (Å²) in [5, 5.41) is 42.1. The zero-order valence-corrected chi connectivity index (χ0v) is 52.7. The molecule has 5 N–H and O–H groups in total. The minimum atomic E-state index is -0.622. The van der Waals surface area contributed by atoms with E-state index in [4.69, 9.17) is 26.6 Å². The summed E-state index contributed by atoms with van der Waals surface area (Å²) in [6.45, 7) is 8.13. The second-order valence-corrected chi connectivity index (χ2v) is 27.4. The lowest BCUT2D eigenvalue weighted by molar-refractivity contribution is -0.146. The number of carboxylic acid groups (broad SMARTS) is 1. The van der Waals surface area contributed by atoms with Crippen LogP contribution in [-0.4, -0.2) is 151 Å². The Balaban J connectivity index is 0.000000120. The fourth-order valence-corrected chi connectivity index (χ4v) is 16.3. The number of likely N-dealkylation sites (tertiary alicyclic amines) is 2. The largest absolute Gasteiger partial charge is 0.481 e. The van der Waals surface area contributed by atoms with Gasteiger partial charge in [0.15, 0.2) is 6.29 Å². The lowest BCUT2D eigenvalue weighted by Crippen LogP contribution is -2.58. The van der Waals surface area contributed by atoms with Crippen LogP contribution in [0.25, 0.3) is 20.4 Å². The summed E-state index contributed by atoms with van der Waals surface area (Å²) in [6.07, 6.45) is 18.0. The number of aromatic nitrogens is 5. The van der Waals surface area contributed by atoms with Crippen molar-refractivity contribution in [3.8, 4) is 18.2 Å². The first kappa shape index (κ1) is 62.7. The van der Waals surface area contributed by atoms with E-state index in [0.29, 0.717) is 70.8 Å². The molecule has 3 aliphatic carbocycles. The van der Waals surface area contributed by atoms with Crippen molar-refractivity contribution in [2.75, 3.05) is 54.0 Å². The summed E-state index contributed by atoms with van der Waals surface area (Å²) >= 11 is 3.18. The Kier molecular flexibility index (Phi) is 19.5. The van der Waals surface area contributed by atoms with Gasteiger partial charge in [-0.25, -0.2) is 24.9 Å². The molecule has 21 nitrogen and oxygen atoms in total. The van der Waals surface area contributed by atoms with E-state index in [1.165, 1.54) is 34.4 Å². The number of anilines is 3.